The molecule has 0 aliphatic carbocycles. The summed E-state index contributed by atoms with van der Waals surface area (Å²) in [6.07, 6.45) is 4.34. The van der Waals surface area contributed by atoms with Gasteiger partial charge in [-0.2, -0.15) is 0 Å². The Labute approximate surface area is 106 Å². The summed E-state index contributed by atoms with van der Waals surface area (Å²) in [5.41, 5.74) is 5.28. The Morgan fingerprint density at radius 3 is 2.06 bits per heavy atom. The molecule has 0 radical (unpaired) electrons. The first-order valence-electron chi connectivity index (χ1n) is 5.09. The smallest absolute Gasteiger partial charge is 0.215 e. The van der Waals surface area contributed by atoms with Gasteiger partial charge in [-0.25, -0.2) is 0 Å². The van der Waals surface area contributed by atoms with Crippen LogP contribution in [0.15, 0.2) is 10.3 Å². The summed E-state index contributed by atoms with van der Waals surface area (Å²) in [5, 5.41) is 13.1. The molecule has 0 bridgehead atoms. The molecule has 0 aromatic rings. The molecule has 0 spiro atoms. The lowest BCUT2D eigenvalue weighted by atomic mass is 10.2. The van der Waals surface area contributed by atoms with Crippen molar-refractivity contribution < 1.29 is 0 Å². The Kier molecular flexibility index (Phi) is 9.83. The average Bonchev–Trinajstić information content (AvgIpc) is 2.22. The largest absolute Gasteiger partial charge is 0.376 e. The molecule has 6 N–H and O–H groups in total. The quantitative estimate of drug-likeness (QED) is 0.176. The summed E-state index contributed by atoms with van der Waals surface area (Å²) in [4.78, 5) is 0. The zero-order chi connectivity index (χ0) is 12.2. The van der Waals surface area contributed by atoms with Crippen LogP contribution in [0.5, 0.6) is 0 Å². The topological polar surface area (TPSA) is 101 Å². The lowest BCUT2D eigenvalue weighted by molar-refractivity contribution is 0.624. The maximum Gasteiger partial charge on any atom is 0.215 e. The summed E-state index contributed by atoms with van der Waals surface area (Å²) in [5.74, 6) is 4.84. The third-order valence-electron chi connectivity index (χ3n) is 1.83. The molecular weight excluding hydrogens is 244 g/mol. The van der Waals surface area contributed by atoms with Crippen molar-refractivity contribution in [3.8, 4) is 0 Å². The van der Waals surface area contributed by atoms with Crippen molar-refractivity contribution in [3.05, 3.63) is 0 Å². The summed E-state index contributed by atoms with van der Waals surface area (Å²) in [7, 11) is 0. The number of nitrogens with zero attached hydrogens (tertiary/aromatic N) is 2. The van der Waals surface area contributed by atoms with Crippen molar-refractivity contribution in [2.75, 3.05) is 13.1 Å². The number of nitrogens with one attached hydrogen (secondary N) is 2. The molecule has 0 saturated carbocycles. The molecule has 0 aromatic carbocycles. The minimum atomic E-state index is 0.331. The molecular formula is C8H18N6S2. The molecule has 0 aromatic heterocycles. The highest BCUT2D eigenvalue weighted by atomic mass is 32.1. The van der Waals surface area contributed by atoms with Crippen LogP contribution in [0.2, 0.25) is 0 Å². The van der Waals surface area contributed by atoms with Gasteiger partial charge in [-0.3, -0.25) is 0 Å². The van der Waals surface area contributed by atoms with E-state index in [-0.39, 0.29) is 0 Å². The van der Waals surface area contributed by atoms with Crippen LogP contribution in [0.4, 0.5) is 0 Å². The van der Waals surface area contributed by atoms with Gasteiger partial charge in [-0.1, -0.05) is 18.1 Å². The van der Waals surface area contributed by atoms with Gasteiger partial charge in [0.25, 0.3) is 0 Å². The second-order valence-corrected chi connectivity index (χ2v) is 3.98. The fraction of sp³-hybridized carbons (Fsp3) is 0.750. The number of thiocarbonyl (C=S) groups is 2. The van der Waals surface area contributed by atoms with Gasteiger partial charge in [0.1, 0.15) is 0 Å². The molecule has 0 fully saturated rings. The Balaban J connectivity index is 3.15. The van der Waals surface area contributed by atoms with Crippen LogP contribution in [0, 0.1) is 0 Å². The predicted octanol–water partition coefficient (Wildman–Crippen LogP) is 0.580. The Morgan fingerprint density at radius 1 is 1.00 bits per heavy atom. The Bertz CT molecular complexity index is 243. The van der Waals surface area contributed by atoms with Crippen molar-refractivity contribution in [1.29, 1.82) is 0 Å². The van der Waals surface area contributed by atoms with E-state index in [4.69, 9.17) is 23.8 Å². The lowest BCUT2D eigenvalue weighted by Crippen LogP contribution is -2.29. The van der Waals surface area contributed by atoms with E-state index < -0.39 is 0 Å². The third kappa shape index (κ3) is 11.1. The van der Waals surface area contributed by atoms with Gasteiger partial charge in [0.2, 0.25) is 5.11 Å². The number of hydrogen-bond donors (Lipinski definition) is 4. The van der Waals surface area contributed by atoms with Gasteiger partial charge in [-0.05, 0) is 37.3 Å². The van der Waals surface area contributed by atoms with E-state index in [1.54, 1.807) is 0 Å². The van der Waals surface area contributed by atoms with Crippen LogP contribution < -0.4 is 22.2 Å². The van der Waals surface area contributed by atoms with Gasteiger partial charge in [0.05, 0.1) is 0 Å². The molecule has 0 amide bonds. The highest BCUT2D eigenvalue weighted by molar-refractivity contribution is 7.80. The van der Waals surface area contributed by atoms with Crippen molar-refractivity contribution in [1.82, 2.24) is 10.6 Å². The minimum Gasteiger partial charge on any atom is -0.376 e. The van der Waals surface area contributed by atoms with Crippen LogP contribution in [-0.4, -0.2) is 23.3 Å². The normalized spacial score (nSPS) is 10.2. The monoisotopic (exact) mass is 262 g/mol. The number of unbranched alkanes of at least 4 members (excludes halogenated alkanes) is 3. The van der Waals surface area contributed by atoms with Crippen molar-refractivity contribution in [2.24, 2.45) is 21.9 Å². The maximum atomic E-state index is 5.28. The molecule has 0 aliphatic heterocycles. The zero-order valence-electron chi connectivity index (χ0n) is 9.11. The van der Waals surface area contributed by atoms with Gasteiger partial charge in [-0.15, -0.1) is 5.11 Å². The lowest BCUT2D eigenvalue weighted by Gasteiger charge is -2.04. The van der Waals surface area contributed by atoms with Crippen LogP contribution in [0.25, 0.3) is 0 Å². The molecule has 0 aliphatic rings. The summed E-state index contributed by atoms with van der Waals surface area (Å²) in [6.45, 7) is 1.63. The minimum absolute atomic E-state index is 0.331. The molecule has 16 heavy (non-hydrogen) atoms. The van der Waals surface area contributed by atoms with Gasteiger partial charge >= 0.3 is 0 Å². The fourth-order valence-corrected chi connectivity index (χ4v) is 1.35. The first-order valence-corrected chi connectivity index (χ1v) is 5.90. The first-order chi connectivity index (χ1) is 7.66. The van der Waals surface area contributed by atoms with E-state index in [1.807, 2.05) is 0 Å². The predicted molar refractivity (Wildman–Crippen MR) is 72.9 cm³/mol. The molecule has 0 rings (SSSR count). The molecule has 6 nitrogen and oxygen atoms in total. The highest BCUT2D eigenvalue weighted by Crippen LogP contribution is 1.97. The SMILES string of the molecule is NN=NC(=S)NCCCCCCNC(N)=S. The molecule has 8 heteroatoms. The van der Waals surface area contributed by atoms with Crippen molar-refractivity contribution in [2.45, 2.75) is 25.7 Å². The standard InChI is InChI=1S/C8H18N6S2/c9-7(15)11-5-3-1-2-4-6-12-8(16)13-14-10/h1-6H2,(H3,9,11,15)(H3,10,12,13,16). The van der Waals surface area contributed by atoms with Crippen LogP contribution in [0.3, 0.4) is 0 Å². The Morgan fingerprint density at radius 2 is 1.56 bits per heavy atom. The average molecular weight is 262 g/mol. The summed E-state index contributed by atoms with van der Waals surface area (Å²) in [6, 6.07) is 0. The van der Waals surface area contributed by atoms with E-state index in [1.165, 1.54) is 0 Å². The van der Waals surface area contributed by atoms with Gasteiger partial charge in [0, 0.05) is 13.1 Å². The van der Waals surface area contributed by atoms with Crippen LogP contribution >= 0.6 is 24.4 Å². The van der Waals surface area contributed by atoms with E-state index in [9.17, 15) is 0 Å². The second kappa shape index (κ2) is 10.5. The molecule has 0 heterocycles. The van der Waals surface area contributed by atoms with E-state index in [0.29, 0.717) is 10.2 Å². The van der Waals surface area contributed by atoms with Crippen LogP contribution in [-0.2, 0) is 0 Å². The Hall–Kier alpha value is -1.02. The summed E-state index contributed by atoms with van der Waals surface area (Å²) < 4.78 is 0. The zero-order valence-corrected chi connectivity index (χ0v) is 10.7. The van der Waals surface area contributed by atoms with Gasteiger partial charge < -0.3 is 22.2 Å². The molecule has 0 saturated heterocycles. The van der Waals surface area contributed by atoms with Gasteiger partial charge in [0.15, 0.2) is 5.11 Å². The number of nitrogens with two attached hydrogens (primary N) is 2. The fourth-order valence-electron chi connectivity index (χ4n) is 1.10. The first kappa shape index (κ1) is 15.0. The second-order valence-electron chi connectivity index (χ2n) is 3.15. The van der Waals surface area contributed by atoms with Crippen LogP contribution in [0.1, 0.15) is 25.7 Å². The van der Waals surface area contributed by atoms with Crippen molar-refractivity contribution >= 4 is 34.7 Å². The van der Waals surface area contributed by atoms with E-state index >= 15 is 0 Å². The summed E-state index contributed by atoms with van der Waals surface area (Å²) >= 11 is 9.49. The number of hydrogen-bond acceptors (Lipinski definition) is 3. The molecule has 0 unspecified atom stereocenters. The van der Waals surface area contributed by atoms with E-state index in [2.05, 4.69) is 33.2 Å². The maximum absolute atomic E-state index is 5.28. The molecule has 92 valence electrons. The highest BCUT2D eigenvalue weighted by Gasteiger charge is 1.93. The number of rotatable bonds is 7. The molecule has 0 atom stereocenters. The van der Waals surface area contributed by atoms with Crippen molar-refractivity contribution in [3.63, 3.8) is 0 Å². The van der Waals surface area contributed by atoms with E-state index in [0.717, 1.165) is 38.8 Å². The third-order valence-corrected chi connectivity index (χ3v) is 2.20.